The molecule has 0 aliphatic carbocycles. The van der Waals surface area contributed by atoms with Gasteiger partial charge in [-0.25, -0.2) is 4.98 Å². The summed E-state index contributed by atoms with van der Waals surface area (Å²) in [6, 6.07) is 1.59. The van der Waals surface area contributed by atoms with Crippen molar-refractivity contribution in [3.8, 4) is 11.8 Å². The van der Waals surface area contributed by atoms with Crippen LogP contribution in [0.25, 0.3) is 0 Å². The number of hydrogen-bond donors (Lipinski definition) is 2. The normalized spacial score (nSPS) is 9.08. The van der Waals surface area contributed by atoms with E-state index in [9.17, 15) is 0 Å². The van der Waals surface area contributed by atoms with E-state index in [4.69, 9.17) is 17.3 Å². The Balaban J connectivity index is 2.85. The van der Waals surface area contributed by atoms with Gasteiger partial charge in [-0.1, -0.05) is 23.4 Å². The van der Waals surface area contributed by atoms with Crippen molar-refractivity contribution in [2.75, 3.05) is 11.5 Å². The van der Waals surface area contributed by atoms with Gasteiger partial charge in [0.2, 0.25) is 0 Å². The Morgan fingerprint density at radius 3 is 3.00 bits per heavy atom. The number of rotatable bonds is 1. The van der Waals surface area contributed by atoms with E-state index >= 15 is 0 Å². The van der Waals surface area contributed by atoms with Crippen LogP contribution in [0, 0.1) is 11.8 Å². The number of aromatic nitrogens is 1. The Bertz CT molecular complexity index is 354. The van der Waals surface area contributed by atoms with Gasteiger partial charge in [0.1, 0.15) is 5.82 Å². The molecule has 1 rings (SSSR count). The van der Waals surface area contributed by atoms with Crippen molar-refractivity contribution in [2.24, 2.45) is 0 Å². The van der Waals surface area contributed by atoms with E-state index in [1.165, 1.54) is 0 Å². The minimum Gasteiger partial charge on any atom is -0.384 e. The van der Waals surface area contributed by atoms with Crippen LogP contribution in [0.1, 0.15) is 12.0 Å². The fourth-order valence-electron chi connectivity index (χ4n) is 0.751. The summed E-state index contributed by atoms with van der Waals surface area (Å²) in [6.45, 7) is 0. The number of thiol groups is 1. The van der Waals surface area contributed by atoms with Gasteiger partial charge in [-0.15, -0.1) is 0 Å². The number of hydrogen-bond acceptors (Lipinski definition) is 3. The molecular formula is C9H9ClN2S. The predicted molar refractivity (Wildman–Crippen MR) is 59.0 cm³/mol. The maximum absolute atomic E-state index is 5.87. The monoisotopic (exact) mass is 212 g/mol. The SMILES string of the molecule is Nc1cc(Cl)c(C#CCCS)cn1. The molecule has 0 aromatic carbocycles. The highest BCUT2D eigenvalue weighted by Gasteiger charge is 1.96. The Kier molecular flexibility index (Phi) is 3.94. The third-order valence-electron chi connectivity index (χ3n) is 1.33. The van der Waals surface area contributed by atoms with Gasteiger partial charge in [-0.2, -0.15) is 12.6 Å². The van der Waals surface area contributed by atoms with Gasteiger partial charge >= 0.3 is 0 Å². The predicted octanol–water partition coefficient (Wildman–Crippen LogP) is 1.99. The fourth-order valence-corrected chi connectivity index (χ4v) is 1.07. The lowest BCUT2D eigenvalue weighted by Gasteiger charge is -1.95. The summed E-state index contributed by atoms with van der Waals surface area (Å²) in [7, 11) is 0. The molecule has 0 amide bonds. The second kappa shape index (κ2) is 5.00. The molecule has 0 saturated carbocycles. The lowest BCUT2D eigenvalue weighted by Crippen LogP contribution is -1.90. The lowest BCUT2D eigenvalue weighted by molar-refractivity contribution is 1.30. The van der Waals surface area contributed by atoms with Crippen LogP contribution in [0.5, 0.6) is 0 Å². The first-order valence-corrected chi connectivity index (χ1v) is 4.76. The van der Waals surface area contributed by atoms with Crippen molar-refractivity contribution in [1.82, 2.24) is 4.98 Å². The number of anilines is 1. The first-order valence-electron chi connectivity index (χ1n) is 3.75. The summed E-state index contributed by atoms with van der Waals surface area (Å²) in [5, 5.41) is 0.541. The zero-order valence-electron chi connectivity index (χ0n) is 6.92. The smallest absolute Gasteiger partial charge is 0.124 e. The Morgan fingerprint density at radius 1 is 1.62 bits per heavy atom. The van der Waals surface area contributed by atoms with Crippen molar-refractivity contribution < 1.29 is 0 Å². The van der Waals surface area contributed by atoms with Gasteiger partial charge in [-0.3, -0.25) is 0 Å². The minimum absolute atomic E-state index is 0.407. The molecule has 0 bridgehead atoms. The highest BCUT2D eigenvalue weighted by atomic mass is 35.5. The van der Waals surface area contributed by atoms with E-state index in [1.54, 1.807) is 12.3 Å². The van der Waals surface area contributed by atoms with Gasteiger partial charge < -0.3 is 5.73 Å². The van der Waals surface area contributed by atoms with Gasteiger partial charge in [0.05, 0.1) is 10.6 Å². The molecule has 1 aromatic heterocycles. The molecule has 0 atom stereocenters. The molecule has 0 unspecified atom stereocenters. The second-order valence-corrected chi connectivity index (χ2v) is 3.22. The van der Waals surface area contributed by atoms with E-state index < -0.39 is 0 Å². The van der Waals surface area contributed by atoms with Crippen LogP contribution in [0.15, 0.2) is 12.3 Å². The largest absolute Gasteiger partial charge is 0.384 e. The molecule has 0 radical (unpaired) electrons. The van der Waals surface area contributed by atoms with Gasteiger partial charge in [0, 0.05) is 24.4 Å². The molecule has 0 saturated heterocycles. The number of halogens is 1. The third kappa shape index (κ3) is 3.17. The third-order valence-corrected chi connectivity index (χ3v) is 1.87. The Morgan fingerprint density at radius 2 is 2.38 bits per heavy atom. The molecule has 0 aliphatic rings. The number of nitrogen functional groups attached to an aromatic ring is 1. The molecule has 2 nitrogen and oxygen atoms in total. The van der Waals surface area contributed by atoms with Crippen LogP contribution in [0.4, 0.5) is 5.82 Å². The molecule has 0 spiro atoms. The summed E-state index contributed by atoms with van der Waals surface area (Å²) in [4.78, 5) is 3.89. The van der Waals surface area contributed by atoms with E-state index in [-0.39, 0.29) is 0 Å². The Hall–Kier alpha value is -0.850. The van der Waals surface area contributed by atoms with Crippen molar-refractivity contribution in [3.05, 3.63) is 22.8 Å². The minimum atomic E-state index is 0.407. The molecule has 0 fully saturated rings. The van der Waals surface area contributed by atoms with E-state index in [1.807, 2.05) is 0 Å². The molecule has 0 aliphatic heterocycles. The van der Waals surface area contributed by atoms with Gasteiger partial charge in [0.25, 0.3) is 0 Å². The van der Waals surface area contributed by atoms with Crippen molar-refractivity contribution in [2.45, 2.75) is 6.42 Å². The lowest BCUT2D eigenvalue weighted by atomic mass is 10.3. The molecule has 4 heteroatoms. The molecule has 13 heavy (non-hydrogen) atoms. The van der Waals surface area contributed by atoms with E-state index in [0.29, 0.717) is 16.4 Å². The summed E-state index contributed by atoms with van der Waals surface area (Å²) in [6.07, 6.45) is 2.31. The summed E-state index contributed by atoms with van der Waals surface area (Å²) < 4.78 is 0. The van der Waals surface area contributed by atoms with Crippen LogP contribution in [-0.4, -0.2) is 10.7 Å². The summed E-state index contributed by atoms with van der Waals surface area (Å²) >= 11 is 9.91. The summed E-state index contributed by atoms with van der Waals surface area (Å²) in [5.41, 5.74) is 6.13. The molecule has 68 valence electrons. The fraction of sp³-hybridized carbons (Fsp3) is 0.222. The standard InChI is InChI=1S/C9H9ClN2S/c10-8-5-9(11)12-6-7(8)3-1-2-4-13/h5-6,13H,2,4H2,(H2,11,12). The number of nitrogens with zero attached hydrogens (tertiary/aromatic N) is 1. The average Bonchev–Trinajstić information content (AvgIpc) is 2.09. The number of pyridine rings is 1. The van der Waals surface area contributed by atoms with Crippen LogP contribution in [-0.2, 0) is 0 Å². The Labute approximate surface area is 87.9 Å². The number of nitrogens with two attached hydrogens (primary N) is 1. The van der Waals surface area contributed by atoms with Crippen LogP contribution >= 0.6 is 24.2 Å². The van der Waals surface area contributed by atoms with Gasteiger partial charge in [0.15, 0.2) is 0 Å². The van der Waals surface area contributed by atoms with Crippen LogP contribution in [0.2, 0.25) is 5.02 Å². The summed E-state index contributed by atoms with van der Waals surface area (Å²) in [5.74, 6) is 6.96. The van der Waals surface area contributed by atoms with Crippen molar-refractivity contribution >= 4 is 30.0 Å². The average molecular weight is 213 g/mol. The topological polar surface area (TPSA) is 38.9 Å². The molecular weight excluding hydrogens is 204 g/mol. The first kappa shape index (κ1) is 10.2. The highest BCUT2D eigenvalue weighted by molar-refractivity contribution is 7.80. The quantitative estimate of drug-likeness (QED) is 0.552. The molecule has 1 heterocycles. The highest BCUT2D eigenvalue weighted by Crippen LogP contribution is 2.15. The first-order chi connectivity index (χ1) is 6.24. The van der Waals surface area contributed by atoms with Gasteiger partial charge in [-0.05, 0) is 0 Å². The molecule has 2 N–H and O–H groups in total. The maximum Gasteiger partial charge on any atom is 0.124 e. The molecule has 1 aromatic rings. The second-order valence-electron chi connectivity index (χ2n) is 2.36. The zero-order chi connectivity index (χ0) is 9.68. The van der Waals surface area contributed by atoms with E-state index in [2.05, 4.69) is 29.5 Å². The van der Waals surface area contributed by atoms with Crippen LogP contribution in [0.3, 0.4) is 0 Å². The van der Waals surface area contributed by atoms with Crippen molar-refractivity contribution in [3.63, 3.8) is 0 Å². The van der Waals surface area contributed by atoms with Crippen molar-refractivity contribution in [1.29, 1.82) is 0 Å². The zero-order valence-corrected chi connectivity index (χ0v) is 8.57. The maximum atomic E-state index is 5.87. The van der Waals surface area contributed by atoms with Crippen LogP contribution < -0.4 is 5.73 Å². The van der Waals surface area contributed by atoms with E-state index in [0.717, 1.165) is 12.2 Å².